The van der Waals surface area contributed by atoms with Crippen LogP contribution in [0, 0.1) is 0 Å². The van der Waals surface area contributed by atoms with E-state index in [-0.39, 0.29) is 23.1 Å². The number of aromatic nitrogens is 4. The maximum absolute atomic E-state index is 10.9. The minimum absolute atomic E-state index is 0.0206. The summed E-state index contributed by atoms with van der Waals surface area (Å²) in [5, 5.41) is 12.8. The first-order valence-electron chi connectivity index (χ1n) is 4.58. The fraction of sp³-hybridized carbons (Fsp3) is 0.111. The molecule has 0 aliphatic heterocycles. The van der Waals surface area contributed by atoms with Crippen LogP contribution in [-0.2, 0) is 7.05 Å². The summed E-state index contributed by atoms with van der Waals surface area (Å²) in [5.41, 5.74) is 5.54. The first-order valence-corrected chi connectivity index (χ1v) is 4.58. The Hall–Kier alpha value is -2.64. The molecule has 0 saturated heterocycles. The quantitative estimate of drug-likeness (QED) is 0.784. The lowest BCUT2D eigenvalue weighted by molar-refractivity contribution is 0.0693. The largest absolute Gasteiger partial charge is 0.477 e. The lowest BCUT2D eigenvalue weighted by Crippen LogP contribution is -2.04. The number of ether oxygens (including phenoxy) is 1. The van der Waals surface area contributed by atoms with E-state index in [4.69, 9.17) is 15.6 Å². The summed E-state index contributed by atoms with van der Waals surface area (Å²) < 4.78 is 6.58. The van der Waals surface area contributed by atoms with E-state index in [9.17, 15) is 4.79 Å². The second-order valence-corrected chi connectivity index (χ2v) is 3.23. The average molecular weight is 235 g/mol. The van der Waals surface area contributed by atoms with Crippen LogP contribution in [0.5, 0.6) is 11.9 Å². The number of rotatable bonds is 3. The van der Waals surface area contributed by atoms with Gasteiger partial charge in [-0.1, -0.05) is 0 Å². The van der Waals surface area contributed by atoms with Crippen LogP contribution in [0.3, 0.4) is 0 Å². The number of anilines is 1. The minimum Gasteiger partial charge on any atom is -0.477 e. The second kappa shape index (κ2) is 4.08. The van der Waals surface area contributed by atoms with Gasteiger partial charge >= 0.3 is 12.0 Å². The number of carbonyl (C=O) groups is 1. The Labute approximate surface area is 95.7 Å². The van der Waals surface area contributed by atoms with Crippen molar-refractivity contribution in [3.05, 3.63) is 24.2 Å². The van der Waals surface area contributed by atoms with Crippen LogP contribution in [-0.4, -0.2) is 30.8 Å². The molecule has 0 amide bonds. The monoisotopic (exact) mass is 235 g/mol. The number of nitrogens with zero attached hydrogens (tertiary/aromatic N) is 4. The zero-order chi connectivity index (χ0) is 12.4. The standard InChI is InChI=1S/C9H9N5O3/c1-14-4-12-9(13-14)17-7-6(8(15)16)2-5(10)3-11-7/h2-4H,10H2,1H3,(H,15,16). The van der Waals surface area contributed by atoms with Crippen molar-refractivity contribution in [3.63, 3.8) is 0 Å². The maximum atomic E-state index is 10.9. The van der Waals surface area contributed by atoms with Gasteiger partial charge in [-0.3, -0.25) is 4.68 Å². The van der Waals surface area contributed by atoms with Crippen LogP contribution in [0.25, 0.3) is 0 Å². The summed E-state index contributed by atoms with van der Waals surface area (Å²) in [6, 6.07) is 1.28. The van der Waals surface area contributed by atoms with Gasteiger partial charge in [-0.25, -0.2) is 9.78 Å². The number of hydrogen-bond donors (Lipinski definition) is 2. The summed E-state index contributed by atoms with van der Waals surface area (Å²) in [7, 11) is 1.66. The van der Waals surface area contributed by atoms with Crippen molar-refractivity contribution in [2.24, 2.45) is 7.05 Å². The van der Waals surface area contributed by atoms with E-state index >= 15 is 0 Å². The average Bonchev–Trinajstić information content (AvgIpc) is 2.66. The molecule has 0 fully saturated rings. The van der Waals surface area contributed by atoms with Gasteiger partial charge in [0.05, 0.1) is 11.9 Å². The predicted molar refractivity (Wildman–Crippen MR) is 56.7 cm³/mol. The summed E-state index contributed by atoms with van der Waals surface area (Å²) in [6.07, 6.45) is 2.72. The van der Waals surface area contributed by atoms with Gasteiger partial charge in [0.1, 0.15) is 11.9 Å². The highest BCUT2D eigenvalue weighted by molar-refractivity contribution is 5.91. The summed E-state index contributed by atoms with van der Waals surface area (Å²) in [5.74, 6) is -1.28. The fourth-order valence-electron chi connectivity index (χ4n) is 1.16. The molecule has 8 heteroatoms. The molecule has 2 heterocycles. The zero-order valence-corrected chi connectivity index (χ0v) is 8.86. The van der Waals surface area contributed by atoms with Gasteiger partial charge in [0, 0.05) is 7.05 Å². The van der Waals surface area contributed by atoms with Crippen molar-refractivity contribution in [1.29, 1.82) is 0 Å². The van der Waals surface area contributed by atoms with Crippen LogP contribution in [0.1, 0.15) is 10.4 Å². The van der Waals surface area contributed by atoms with E-state index in [1.807, 2.05) is 0 Å². The topological polar surface area (TPSA) is 116 Å². The van der Waals surface area contributed by atoms with E-state index in [0.29, 0.717) is 0 Å². The van der Waals surface area contributed by atoms with Gasteiger partial charge in [0.15, 0.2) is 0 Å². The second-order valence-electron chi connectivity index (χ2n) is 3.23. The minimum atomic E-state index is -1.18. The molecule has 2 aromatic rings. The van der Waals surface area contributed by atoms with Crippen molar-refractivity contribution in [2.75, 3.05) is 5.73 Å². The SMILES string of the molecule is Cn1cnc(Oc2ncc(N)cc2C(=O)O)n1. The molecule has 0 saturated carbocycles. The number of aromatic carboxylic acids is 1. The highest BCUT2D eigenvalue weighted by atomic mass is 16.5. The number of carboxylic acids is 1. The van der Waals surface area contributed by atoms with Gasteiger partial charge in [-0.15, -0.1) is 5.10 Å². The third kappa shape index (κ3) is 2.30. The number of aryl methyl sites for hydroxylation is 1. The fourth-order valence-corrected chi connectivity index (χ4v) is 1.16. The molecule has 0 spiro atoms. The molecular formula is C9H9N5O3. The van der Waals surface area contributed by atoms with Crippen LogP contribution < -0.4 is 10.5 Å². The Bertz CT molecular complexity index is 566. The molecule has 8 nitrogen and oxygen atoms in total. The molecule has 3 N–H and O–H groups in total. The van der Waals surface area contributed by atoms with Gasteiger partial charge in [0.2, 0.25) is 5.88 Å². The van der Waals surface area contributed by atoms with Gasteiger partial charge < -0.3 is 15.6 Å². The van der Waals surface area contributed by atoms with Gasteiger partial charge in [0.25, 0.3) is 0 Å². The molecule has 0 bridgehead atoms. The lowest BCUT2D eigenvalue weighted by atomic mass is 10.2. The highest BCUT2D eigenvalue weighted by Gasteiger charge is 2.15. The van der Waals surface area contributed by atoms with Gasteiger partial charge in [-0.2, -0.15) is 4.98 Å². The molecule has 2 aromatic heterocycles. The molecule has 0 aliphatic rings. The molecule has 88 valence electrons. The Morgan fingerprint density at radius 3 is 2.88 bits per heavy atom. The molecular weight excluding hydrogens is 226 g/mol. The number of nitrogens with two attached hydrogens (primary N) is 1. The number of nitrogen functional groups attached to an aromatic ring is 1. The van der Waals surface area contributed by atoms with E-state index in [1.165, 1.54) is 23.3 Å². The van der Waals surface area contributed by atoms with Gasteiger partial charge in [-0.05, 0) is 6.07 Å². The van der Waals surface area contributed by atoms with Crippen molar-refractivity contribution in [3.8, 4) is 11.9 Å². The smallest absolute Gasteiger partial charge is 0.342 e. The van der Waals surface area contributed by atoms with E-state index in [0.717, 1.165) is 0 Å². The normalized spacial score (nSPS) is 10.2. The van der Waals surface area contributed by atoms with Crippen LogP contribution >= 0.6 is 0 Å². The number of pyridine rings is 1. The first kappa shape index (κ1) is 10.9. The molecule has 0 aliphatic carbocycles. The molecule has 17 heavy (non-hydrogen) atoms. The number of hydrogen-bond acceptors (Lipinski definition) is 6. The number of carboxylic acid groups (broad SMARTS) is 1. The van der Waals surface area contributed by atoms with Crippen LogP contribution in [0.4, 0.5) is 5.69 Å². The highest BCUT2D eigenvalue weighted by Crippen LogP contribution is 2.21. The zero-order valence-electron chi connectivity index (χ0n) is 8.86. The van der Waals surface area contributed by atoms with Crippen molar-refractivity contribution in [2.45, 2.75) is 0 Å². The van der Waals surface area contributed by atoms with Crippen LogP contribution in [0.2, 0.25) is 0 Å². The van der Waals surface area contributed by atoms with Crippen molar-refractivity contribution in [1.82, 2.24) is 19.7 Å². The Balaban J connectivity index is 2.35. The third-order valence-electron chi connectivity index (χ3n) is 1.87. The summed E-state index contributed by atoms with van der Waals surface area (Å²) in [6.45, 7) is 0. The Morgan fingerprint density at radius 2 is 2.29 bits per heavy atom. The summed E-state index contributed by atoms with van der Waals surface area (Å²) in [4.78, 5) is 18.5. The lowest BCUT2D eigenvalue weighted by Gasteiger charge is -2.04. The third-order valence-corrected chi connectivity index (χ3v) is 1.87. The van der Waals surface area contributed by atoms with Crippen molar-refractivity contribution >= 4 is 11.7 Å². The Morgan fingerprint density at radius 1 is 1.53 bits per heavy atom. The van der Waals surface area contributed by atoms with E-state index < -0.39 is 5.97 Å². The van der Waals surface area contributed by atoms with E-state index in [1.54, 1.807) is 7.05 Å². The molecule has 2 rings (SSSR count). The molecule has 0 unspecified atom stereocenters. The molecule has 0 radical (unpaired) electrons. The maximum Gasteiger partial charge on any atom is 0.342 e. The molecule has 0 atom stereocenters. The van der Waals surface area contributed by atoms with E-state index in [2.05, 4.69) is 15.1 Å². The summed E-state index contributed by atoms with van der Waals surface area (Å²) >= 11 is 0. The first-order chi connectivity index (χ1) is 8.06. The predicted octanol–water partition coefficient (Wildman–Crippen LogP) is 0.283. The van der Waals surface area contributed by atoms with Crippen LogP contribution in [0.15, 0.2) is 18.6 Å². The molecule has 0 aromatic carbocycles. The Kier molecular flexibility index (Phi) is 2.61. The van der Waals surface area contributed by atoms with Crippen molar-refractivity contribution < 1.29 is 14.6 Å².